The molecule has 2 aromatic carbocycles. The summed E-state index contributed by atoms with van der Waals surface area (Å²) >= 11 is 6.08. The molecule has 9 N–H and O–H groups in total. The standard InChI is InChI=1S/C44H65ClN8O11/c45-41-43(47)52-42(46)40(51-41)44(58)50-35-6-3-19-53(30-35,17-1-4-33-7-11-36(12-8-33)63-31-38(56)48-15-22-59-26-28-61-24-20-54)18-2-5-34-9-13-37(14-10-34)64-32-39(57)49-16-23-60-27-29-62-25-21-55/h7-14,35,54-55H,1-6,15-32H2,(H6-,46,47,48,49,50,52,56,57,58)/p+1. The highest BCUT2D eigenvalue weighted by molar-refractivity contribution is 6.31. The minimum atomic E-state index is -0.437. The molecule has 0 bridgehead atoms. The maximum Gasteiger partial charge on any atom is 0.274 e. The monoisotopic (exact) mass is 917 g/mol. The highest BCUT2D eigenvalue weighted by atomic mass is 35.5. The molecule has 1 atom stereocenters. The van der Waals surface area contributed by atoms with Crippen LogP contribution in [0.5, 0.6) is 11.5 Å². The molecule has 1 aliphatic heterocycles. The van der Waals surface area contributed by atoms with Crippen LogP contribution in [0.15, 0.2) is 48.5 Å². The summed E-state index contributed by atoms with van der Waals surface area (Å²) < 4.78 is 33.3. The third kappa shape index (κ3) is 19.9. The number of rotatable bonds is 32. The zero-order valence-corrected chi connectivity index (χ0v) is 37.4. The van der Waals surface area contributed by atoms with Crippen LogP contribution in [0.4, 0.5) is 11.6 Å². The van der Waals surface area contributed by atoms with E-state index in [0.717, 1.165) is 80.3 Å². The van der Waals surface area contributed by atoms with Gasteiger partial charge in [0.25, 0.3) is 17.7 Å². The molecule has 0 saturated carbocycles. The predicted molar refractivity (Wildman–Crippen MR) is 240 cm³/mol. The molecule has 354 valence electrons. The van der Waals surface area contributed by atoms with Crippen LogP contribution >= 0.6 is 11.6 Å². The van der Waals surface area contributed by atoms with E-state index >= 15 is 0 Å². The van der Waals surface area contributed by atoms with Gasteiger partial charge in [-0.05, 0) is 61.1 Å². The van der Waals surface area contributed by atoms with Crippen molar-refractivity contribution < 1.29 is 57.5 Å². The van der Waals surface area contributed by atoms with E-state index in [1.165, 1.54) is 0 Å². The fourth-order valence-electron chi connectivity index (χ4n) is 7.26. The molecule has 1 unspecified atom stereocenters. The second-order valence-electron chi connectivity index (χ2n) is 15.3. The molecule has 3 amide bonds. The Bertz CT molecular complexity index is 1740. The Hall–Kier alpha value is -4.86. The lowest BCUT2D eigenvalue weighted by molar-refractivity contribution is -0.933. The number of ether oxygens (including phenoxy) is 6. The second kappa shape index (κ2) is 29.6. The summed E-state index contributed by atoms with van der Waals surface area (Å²) in [6.45, 7) is 6.70. The molecule has 3 aromatic rings. The van der Waals surface area contributed by atoms with Crippen LogP contribution in [-0.2, 0) is 41.4 Å². The van der Waals surface area contributed by atoms with Crippen LogP contribution in [0.25, 0.3) is 0 Å². The lowest BCUT2D eigenvalue weighted by Crippen LogP contribution is -2.60. The largest absolute Gasteiger partial charge is 0.484 e. The number of nitrogens with zero attached hydrogens (tertiary/aromatic N) is 3. The minimum absolute atomic E-state index is 0.0320. The summed E-state index contributed by atoms with van der Waals surface area (Å²) in [6, 6.07) is 15.4. The van der Waals surface area contributed by atoms with Crippen LogP contribution in [0.3, 0.4) is 0 Å². The van der Waals surface area contributed by atoms with Crippen molar-refractivity contribution in [3.05, 3.63) is 70.5 Å². The first kappa shape index (κ1) is 51.8. The lowest BCUT2D eigenvalue weighted by atomic mass is 9.99. The van der Waals surface area contributed by atoms with Crippen molar-refractivity contribution in [2.45, 2.75) is 44.6 Å². The van der Waals surface area contributed by atoms with Gasteiger partial charge < -0.3 is 70.5 Å². The molecule has 1 saturated heterocycles. The predicted octanol–water partition coefficient (Wildman–Crippen LogP) is 1.31. The van der Waals surface area contributed by atoms with Crippen molar-refractivity contribution in [3.63, 3.8) is 0 Å². The number of nitrogen functional groups attached to an aromatic ring is 2. The van der Waals surface area contributed by atoms with Crippen LogP contribution in [0.1, 0.15) is 47.3 Å². The number of likely N-dealkylation sites (tertiary alicyclic amines) is 1. The number of carbonyl (C=O) groups is 3. The van der Waals surface area contributed by atoms with Crippen molar-refractivity contribution in [1.29, 1.82) is 0 Å². The molecular weight excluding hydrogens is 852 g/mol. The molecule has 19 nitrogen and oxygen atoms in total. The number of aliphatic hydroxyl groups is 2. The van der Waals surface area contributed by atoms with E-state index in [1.807, 2.05) is 48.5 Å². The average Bonchev–Trinajstić information content (AvgIpc) is 3.29. The van der Waals surface area contributed by atoms with Crippen molar-refractivity contribution in [2.75, 3.05) is 130 Å². The first-order chi connectivity index (χ1) is 31.1. The average molecular weight is 919 g/mol. The summed E-state index contributed by atoms with van der Waals surface area (Å²) in [5.41, 5.74) is 14.0. The maximum absolute atomic E-state index is 13.4. The topological polar surface area (TPSA) is 261 Å². The Balaban J connectivity index is 1.26. The number of aryl methyl sites for hydroxylation is 2. The van der Waals surface area contributed by atoms with Gasteiger partial charge in [0.2, 0.25) is 0 Å². The Morgan fingerprint density at radius 1 is 0.688 bits per heavy atom. The van der Waals surface area contributed by atoms with Crippen molar-refractivity contribution in [2.24, 2.45) is 0 Å². The Kier molecular flexibility index (Phi) is 23.9. The fraction of sp³-hybridized carbons (Fsp3) is 0.568. The Morgan fingerprint density at radius 2 is 1.17 bits per heavy atom. The highest BCUT2D eigenvalue weighted by Gasteiger charge is 2.35. The van der Waals surface area contributed by atoms with Gasteiger partial charge in [-0.2, -0.15) is 0 Å². The molecule has 4 rings (SSSR count). The van der Waals surface area contributed by atoms with E-state index in [0.29, 0.717) is 64.2 Å². The van der Waals surface area contributed by atoms with Gasteiger partial charge in [-0.15, -0.1) is 0 Å². The number of hydrogen-bond acceptors (Lipinski definition) is 15. The van der Waals surface area contributed by atoms with E-state index in [1.54, 1.807) is 0 Å². The number of carbonyl (C=O) groups excluding carboxylic acids is 3. The van der Waals surface area contributed by atoms with Crippen LogP contribution in [0, 0.1) is 0 Å². The number of nitrogens with one attached hydrogen (secondary N) is 3. The van der Waals surface area contributed by atoms with Gasteiger partial charge in [0, 0.05) is 25.9 Å². The van der Waals surface area contributed by atoms with Gasteiger partial charge in [-0.1, -0.05) is 35.9 Å². The quantitative estimate of drug-likeness (QED) is 0.0344. The van der Waals surface area contributed by atoms with Crippen molar-refractivity contribution >= 4 is 41.0 Å². The summed E-state index contributed by atoms with van der Waals surface area (Å²) in [6.07, 6.45) is 5.25. The van der Waals surface area contributed by atoms with Gasteiger partial charge in [0.15, 0.2) is 35.7 Å². The molecule has 1 aromatic heterocycles. The first-order valence-corrected chi connectivity index (χ1v) is 22.2. The van der Waals surface area contributed by atoms with E-state index in [2.05, 4.69) is 25.9 Å². The number of piperidine rings is 1. The smallest absolute Gasteiger partial charge is 0.274 e. The van der Waals surface area contributed by atoms with E-state index < -0.39 is 5.91 Å². The number of quaternary nitrogens is 1. The summed E-state index contributed by atoms with van der Waals surface area (Å²) in [5, 5.41) is 26.0. The fourth-order valence-corrected chi connectivity index (χ4v) is 7.39. The maximum atomic E-state index is 13.4. The van der Waals surface area contributed by atoms with E-state index in [9.17, 15) is 14.4 Å². The van der Waals surface area contributed by atoms with Crippen LogP contribution in [-0.4, -0.2) is 167 Å². The van der Waals surface area contributed by atoms with Crippen molar-refractivity contribution in [1.82, 2.24) is 25.9 Å². The third-order valence-corrected chi connectivity index (χ3v) is 10.7. The number of amides is 3. The van der Waals surface area contributed by atoms with Gasteiger partial charge >= 0.3 is 0 Å². The minimum Gasteiger partial charge on any atom is -0.484 e. The molecule has 2 heterocycles. The molecular formula is C44H66ClN8O11+. The molecule has 0 aliphatic carbocycles. The summed E-state index contributed by atoms with van der Waals surface area (Å²) in [5.74, 6) is 0.159. The number of benzene rings is 2. The van der Waals surface area contributed by atoms with Gasteiger partial charge in [0.05, 0.1) is 98.3 Å². The molecule has 0 radical (unpaired) electrons. The number of nitrogens with two attached hydrogens (primary N) is 2. The zero-order valence-electron chi connectivity index (χ0n) is 36.6. The van der Waals surface area contributed by atoms with Gasteiger partial charge in [-0.3, -0.25) is 14.4 Å². The molecule has 1 fully saturated rings. The van der Waals surface area contributed by atoms with Gasteiger partial charge in [-0.25, -0.2) is 9.97 Å². The highest BCUT2D eigenvalue weighted by Crippen LogP contribution is 2.25. The molecule has 20 heteroatoms. The Morgan fingerprint density at radius 3 is 1.66 bits per heavy atom. The Labute approximate surface area is 380 Å². The number of hydrogen-bond donors (Lipinski definition) is 7. The SMILES string of the molecule is Nc1nc(N)c(C(=O)NC2CCC[N+](CCCc3ccc(OCC(=O)NCCOCCOCCO)cc3)(CCCc3ccc(OCC(=O)NCCOCCOCCO)cc3)C2)nc1Cl. The van der Waals surface area contributed by atoms with Crippen LogP contribution < -0.4 is 36.9 Å². The van der Waals surface area contributed by atoms with Gasteiger partial charge in [0.1, 0.15) is 11.5 Å². The third-order valence-electron chi connectivity index (χ3n) is 10.4. The summed E-state index contributed by atoms with van der Waals surface area (Å²) in [4.78, 5) is 45.9. The lowest BCUT2D eigenvalue weighted by Gasteiger charge is -2.45. The number of anilines is 2. The normalized spacial score (nSPS) is 14.5. The molecule has 1 aliphatic rings. The zero-order chi connectivity index (χ0) is 45.8. The summed E-state index contributed by atoms with van der Waals surface area (Å²) in [7, 11) is 0. The first-order valence-electron chi connectivity index (χ1n) is 21.8. The van der Waals surface area contributed by atoms with Crippen molar-refractivity contribution in [3.8, 4) is 11.5 Å². The number of aromatic nitrogens is 2. The number of aliphatic hydroxyl groups excluding tert-OH is 2. The molecule has 0 spiro atoms. The second-order valence-corrected chi connectivity index (χ2v) is 15.7. The number of halogens is 1. The van der Waals surface area contributed by atoms with E-state index in [4.69, 9.17) is 61.7 Å². The van der Waals surface area contributed by atoms with Crippen LogP contribution in [0.2, 0.25) is 5.15 Å². The molecule has 64 heavy (non-hydrogen) atoms. The van der Waals surface area contributed by atoms with E-state index in [-0.39, 0.29) is 80.0 Å².